The first-order valence-corrected chi connectivity index (χ1v) is 7.50. The van der Waals surface area contributed by atoms with Crippen LogP contribution in [0.2, 0.25) is 0 Å². The lowest BCUT2D eigenvalue weighted by Crippen LogP contribution is -2.56. The van der Waals surface area contributed by atoms with Gasteiger partial charge >= 0.3 is 0 Å². The molecule has 2 atom stereocenters. The maximum Gasteiger partial charge on any atom is 0.147 e. The van der Waals surface area contributed by atoms with Crippen molar-refractivity contribution < 1.29 is 8.78 Å². The van der Waals surface area contributed by atoms with Gasteiger partial charge in [-0.3, -0.25) is 0 Å². The van der Waals surface area contributed by atoms with Crippen molar-refractivity contribution in [2.75, 3.05) is 18.0 Å². The molecule has 0 bridgehead atoms. The zero-order valence-electron chi connectivity index (χ0n) is 11.2. The van der Waals surface area contributed by atoms with Gasteiger partial charge in [-0.2, -0.15) is 0 Å². The molecule has 5 heteroatoms. The summed E-state index contributed by atoms with van der Waals surface area (Å²) in [5, 5.41) is 3.45. The van der Waals surface area contributed by atoms with Crippen LogP contribution in [0.1, 0.15) is 26.7 Å². The molecule has 1 saturated heterocycles. The molecule has 106 valence electrons. The smallest absolute Gasteiger partial charge is 0.147 e. The number of hydrogen-bond acceptors (Lipinski definition) is 2. The normalized spacial score (nSPS) is 23.7. The first-order chi connectivity index (χ1) is 9.06. The Morgan fingerprint density at radius 2 is 2.00 bits per heavy atom. The molecule has 0 spiro atoms. The standard InChI is InChI=1S/C14H19BrF2N2/c1-3-9-8-19(10(4-2)7-18-9)14-6-12(16)11(15)5-13(14)17/h5-6,9-10,18H,3-4,7-8H2,1-2H3. The zero-order chi connectivity index (χ0) is 14.0. The zero-order valence-corrected chi connectivity index (χ0v) is 12.8. The molecule has 1 aliphatic heterocycles. The van der Waals surface area contributed by atoms with Gasteiger partial charge in [0, 0.05) is 31.2 Å². The van der Waals surface area contributed by atoms with Crippen LogP contribution >= 0.6 is 15.9 Å². The SMILES string of the molecule is CCC1CN(c2cc(F)c(Br)cc2F)C(CC)CN1. The van der Waals surface area contributed by atoms with Crippen molar-refractivity contribution in [2.24, 2.45) is 0 Å². The van der Waals surface area contributed by atoms with Crippen molar-refractivity contribution in [3.63, 3.8) is 0 Å². The van der Waals surface area contributed by atoms with Crippen molar-refractivity contribution in [1.29, 1.82) is 0 Å². The highest BCUT2D eigenvalue weighted by Crippen LogP contribution is 2.29. The van der Waals surface area contributed by atoms with Gasteiger partial charge in [-0.1, -0.05) is 13.8 Å². The van der Waals surface area contributed by atoms with Crippen LogP contribution < -0.4 is 10.2 Å². The third-order valence-corrected chi connectivity index (χ3v) is 4.37. The predicted molar refractivity (Wildman–Crippen MR) is 77.6 cm³/mol. The van der Waals surface area contributed by atoms with E-state index in [1.807, 2.05) is 4.90 Å². The monoisotopic (exact) mass is 332 g/mol. The Morgan fingerprint density at radius 1 is 1.26 bits per heavy atom. The van der Waals surface area contributed by atoms with E-state index in [2.05, 4.69) is 35.1 Å². The molecule has 1 N–H and O–H groups in total. The molecular formula is C14H19BrF2N2. The van der Waals surface area contributed by atoms with Gasteiger partial charge in [-0.15, -0.1) is 0 Å². The van der Waals surface area contributed by atoms with Crippen molar-refractivity contribution in [2.45, 2.75) is 38.8 Å². The fraction of sp³-hybridized carbons (Fsp3) is 0.571. The van der Waals surface area contributed by atoms with E-state index in [4.69, 9.17) is 0 Å². The Morgan fingerprint density at radius 3 is 2.63 bits per heavy atom. The number of nitrogens with zero attached hydrogens (tertiary/aromatic N) is 1. The summed E-state index contributed by atoms with van der Waals surface area (Å²) < 4.78 is 27.9. The van der Waals surface area contributed by atoms with Crippen LogP contribution in [-0.4, -0.2) is 25.2 Å². The Hall–Kier alpha value is -0.680. The maximum atomic E-state index is 14.1. The summed E-state index contributed by atoms with van der Waals surface area (Å²) in [6.45, 7) is 5.69. The Kier molecular flexibility index (Phi) is 4.79. The topological polar surface area (TPSA) is 15.3 Å². The summed E-state index contributed by atoms with van der Waals surface area (Å²) in [6.07, 6.45) is 1.88. The number of nitrogens with one attached hydrogen (secondary N) is 1. The summed E-state index contributed by atoms with van der Waals surface area (Å²) in [5.41, 5.74) is 0.368. The Bertz CT molecular complexity index is 453. The van der Waals surface area contributed by atoms with Gasteiger partial charge in [0.15, 0.2) is 0 Å². The first-order valence-electron chi connectivity index (χ1n) is 6.71. The predicted octanol–water partition coefficient (Wildman–Crippen LogP) is 3.69. The van der Waals surface area contributed by atoms with E-state index < -0.39 is 5.82 Å². The molecule has 2 nitrogen and oxygen atoms in total. The van der Waals surface area contributed by atoms with Crippen molar-refractivity contribution in [1.82, 2.24) is 5.32 Å². The third-order valence-electron chi connectivity index (χ3n) is 3.76. The highest BCUT2D eigenvalue weighted by molar-refractivity contribution is 9.10. The molecule has 1 heterocycles. The van der Waals surface area contributed by atoms with E-state index in [1.165, 1.54) is 12.1 Å². The van der Waals surface area contributed by atoms with Crippen LogP contribution in [-0.2, 0) is 0 Å². The van der Waals surface area contributed by atoms with Gasteiger partial charge in [0.2, 0.25) is 0 Å². The quantitative estimate of drug-likeness (QED) is 0.849. The van der Waals surface area contributed by atoms with E-state index in [0.29, 0.717) is 18.3 Å². The second kappa shape index (κ2) is 6.18. The van der Waals surface area contributed by atoms with Gasteiger partial charge in [0.05, 0.1) is 10.2 Å². The molecule has 0 aliphatic carbocycles. The number of rotatable bonds is 3. The summed E-state index contributed by atoms with van der Waals surface area (Å²) in [6, 6.07) is 3.03. The van der Waals surface area contributed by atoms with E-state index in [9.17, 15) is 8.78 Å². The molecule has 1 fully saturated rings. The van der Waals surface area contributed by atoms with Crippen LogP contribution in [0.4, 0.5) is 14.5 Å². The fourth-order valence-corrected chi connectivity index (χ4v) is 2.84. The highest BCUT2D eigenvalue weighted by Gasteiger charge is 2.28. The molecule has 1 aliphatic rings. The average Bonchev–Trinajstić information content (AvgIpc) is 2.42. The lowest BCUT2D eigenvalue weighted by molar-refractivity contribution is 0.375. The number of halogens is 3. The molecule has 2 unspecified atom stereocenters. The minimum absolute atomic E-state index is 0.170. The summed E-state index contributed by atoms with van der Waals surface area (Å²) in [5.74, 6) is -0.790. The molecule has 0 amide bonds. The molecule has 0 aromatic heterocycles. The minimum Gasteiger partial charge on any atom is -0.363 e. The van der Waals surface area contributed by atoms with Crippen molar-refractivity contribution >= 4 is 21.6 Å². The molecule has 1 aromatic rings. The summed E-state index contributed by atoms with van der Waals surface area (Å²) in [4.78, 5) is 2.00. The molecule has 19 heavy (non-hydrogen) atoms. The number of hydrogen-bond donors (Lipinski definition) is 1. The highest BCUT2D eigenvalue weighted by atomic mass is 79.9. The van der Waals surface area contributed by atoms with Crippen LogP contribution in [0.3, 0.4) is 0 Å². The van der Waals surface area contributed by atoms with Crippen molar-refractivity contribution in [3.05, 3.63) is 28.2 Å². The van der Waals surface area contributed by atoms with Crippen LogP contribution in [0.5, 0.6) is 0 Å². The van der Waals surface area contributed by atoms with E-state index in [1.54, 1.807) is 0 Å². The van der Waals surface area contributed by atoms with Crippen LogP contribution in [0.15, 0.2) is 16.6 Å². The molecule has 1 aromatic carbocycles. The van der Waals surface area contributed by atoms with Gasteiger partial charge < -0.3 is 10.2 Å². The van der Waals surface area contributed by atoms with E-state index in [0.717, 1.165) is 19.4 Å². The lowest BCUT2D eigenvalue weighted by Gasteiger charge is -2.41. The maximum absolute atomic E-state index is 14.1. The van der Waals surface area contributed by atoms with E-state index >= 15 is 0 Å². The summed E-state index contributed by atoms with van der Waals surface area (Å²) in [7, 11) is 0. The Labute approximate surface area is 121 Å². The number of benzene rings is 1. The van der Waals surface area contributed by atoms with Gasteiger partial charge in [-0.25, -0.2) is 8.78 Å². The minimum atomic E-state index is -0.419. The van der Waals surface area contributed by atoms with Gasteiger partial charge in [0.1, 0.15) is 11.6 Å². The number of piperazine rings is 1. The second-order valence-electron chi connectivity index (χ2n) is 4.95. The molecule has 2 rings (SSSR count). The third kappa shape index (κ3) is 3.08. The van der Waals surface area contributed by atoms with Crippen LogP contribution in [0, 0.1) is 11.6 Å². The molecular weight excluding hydrogens is 314 g/mol. The van der Waals surface area contributed by atoms with Gasteiger partial charge in [0.25, 0.3) is 0 Å². The molecule has 0 radical (unpaired) electrons. The van der Waals surface area contributed by atoms with Crippen LogP contribution in [0.25, 0.3) is 0 Å². The first kappa shape index (κ1) is 14.7. The largest absolute Gasteiger partial charge is 0.363 e. The lowest BCUT2D eigenvalue weighted by atomic mass is 10.0. The van der Waals surface area contributed by atoms with Gasteiger partial charge in [-0.05, 0) is 34.8 Å². The summed E-state index contributed by atoms with van der Waals surface area (Å²) >= 11 is 3.02. The second-order valence-corrected chi connectivity index (χ2v) is 5.80. The fourth-order valence-electron chi connectivity index (χ4n) is 2.53. The van der Waals surface area contributed by atoms with Crippen molar-refractivity contribution in [3.8, 4) is 0 Å². The Balaban J connectivity index is 2.33. The molecule has 0 saturated carbocycles. The number of anilines is 1. The van der Waals surface area contributed by atoms with E-state index in [-0.39, 0.29) is 16.3 Å². The average molecular weight is 333 g/mol.